The van der Waals surface area contributed by atoms with Crippen LogP contribution in [-0.4, -0.2) is 89.0 Å². The molecule has 5 amide bonds. The Morgan fingerprint density at radius 2 is 1.57 bits per heavy atom. The summed E-state index contributed by atoms with van der Waals surface area (Å²) < 4.78 is 10.7. The molecule has 238 valence electrons. The van der Waals surface area contributed by atoms with E-state index in [2.05, 4.69) is 20.9 Å². The van der Waals surface area contributed by atoms with Crippen molar-refractivity contribution in [2.24, 2.45) is 22.4 Å². The Kier molecular flexibility index (Phi) is 13.2. The number of urea groups is 1. The molecule has 3 atom stereocenters. The van der Waals surface area contributed by atoms with Crippen molar-refractivity contribution >= 4 is 41.7 Å². The molecule has 42 heavy (non-hydrogen) atoms. The Hall–Kier alpha value is -3.91. The van der Waals surface area contributed by atoms with Crippen LogP contribution in [-0.2, 0) is 33.4 Å². The third-order valence-electron chi connectivity index (χ3n) is 5.51. The van der Waals surface area contributed by atoms with E-state index in [1.165, 1.54) is 0 Å². The quantitative estimate of drug-likeness (QED) is 0.0594. The van der Waals surface area contributed by atoms with Crippen LogP contribution >= 0.6 is 0 Å². The normalized spacial score (nSPS) is 16.8. The fourth-order valence-electron chi connectivity index (χ4n) is 3.90. The van der Waals surface area contributed by atoms with Gasteiger partial charge in [-0.15, -0.1) is 0 Å². The average Bonchev–Trinajstić information content (AvgIpc) is 3.05. The van der Waals surface area contributed by atoms with Gasteiger partial charge in [-0.3, -0.25) is 29.1 Å². The second-order valence-corrected chi connectivity index (χ2v) is 12.5. The van der Waals surface area contributed by atoms with Crippen LogP contribution in [0, 0.1) is 5.92 Å². The van der Waals surface area contributed by atoms with Crippen molar-refractivity contribution in [3.63, 3.8) is 0 Å². The molecule has 15 nitrogen and oxygen atoms in total. The second kappa shape index (κ2) is 15.4. The van der Waals surface area contributed by atoms with Crippen molar-refractivity contribution < 1.29 is 38.2 Å². The fraction of sp³-hybridized carbons (Fsp3) is 0.741. The monoisotopic (exact) mass is 597 g/mol. The van der Waals surface area contributed by atoms with E-state index >= 15 is 0 Å². The van der Waals surface area contributed by atoms with Crippen LogP contribution in [0.25, 0.3) is 0 Å². The van der Waals surface area contributed by atoms with E-state index in [0.717, 1.165) is 0 Å². The minimum atomic E-state index is -1.47. The molecule has 0 unspecified atom stereocenters. The zero-order valence-corrected chi connectivity index (χ0v) is 25.9. The summed E-state index contributed by atoms with van der Waals surface area (Å²) in [7, 11) is 0. The Morgan fingerprint density at radius 3 is 2.10 bits per heavy atom. The van der Waals surface area contributed by atoms with E-state index in [4.69, 9.17) is 20.9 Å². The van der Waals surface area contributed by atoms with Crippen molar-refractivity contribution in [1.82, 2.24) is 20.9 Å². The molecule has 1 aliphatic heterocycles. The molecule has 1 saturated heterocycles. The third kappa shape index (κ3) is 13.6. The summed E-state index contributed by atoms with van der Waals surface area (Å²) >= 11 is 0. The average molecular weight is 598 g/mol. The highest BCUT2D eigenvalue weighted by molar-refractivity contribution is 6.06. The lowest BCUT2D eigenvalue weighted by Crippen LogP contribution is -2.55. The predicted molar refractivity (Wildman–Crippen MR) is 154 cm³/mol. The fourth-order valence-corrected chi connectivity index (χ4v) is 3.90. The van der Waals surface area contributed by atoms with E-state index in [1.54, 1.807) is 41.5 Å². The molecular formula is C27H47N7O8. The summed E-state index contributed by atoms with van der Waals surface area (Å²) in [4.78, 5) is 81.4. The number of carbonyl (C=O) groups is 6. The van der Waals surface area contributed by atoms with E-state index < -0.39 is 78.0 Å². The van der Waals surface area contributed by atoms with E-state index in [1.807, 2.05) is 13.8 Å². The number of esters is 2. The first-order valence-electron chi connectivity index (χ1n) is 13.9. The molecule has 7 N–H and O–H groups in total. The molecule has 1 fully saturated rings. The molecule has 15 heteroatoms. The highest BCUT2D eigenvalue weighted by Gasteiger charge is 2.39. The summed E-state index contributed by atoms with van der Waals surface area (Å²) in [5, 5.41) is 7.48. The largest absolute Gasteiger partial charge is 0.460 e. The number of aliphatic imine (C=N–C) groups is 1. The molecule has 0 saturated carbocycles. The Balaban J connectivity index is 3.04. The van der Waals surface area contributed by atoms with Crippen LogP contribution in [0.3, 0.4) is 0 Å². The highest BCUT2D eigenvalue weighted by Crippen LogP contribution is 2.15. The zero-order valence-electron chi connectivity index (χ0n) is 25.9. The van der Waals surface area contributed by atoms with Gasteiger partial charge in [-0.1, -0.05) is 13.8 Å². The number of carbonyl (C=O) groups excluding carboxylic acids is 6. The molecule has 0 radical (unpaired) electrons. The number of nitrogens with one attached hydrogen (secondary N) is 3. The first-order valence-corrected chi connectivity index (χ1v) is 13.9. The van der Waals surface area contributed by atoms with Gasteiger partial charge in [-0.05, 0) is 66.7 Å². The lowest BCUT2D eigenvalue weighted by Gasteiger charge is -2.27. The minimum Gasteiger partial charge on any atom is -0.460 e. The molecule has 1 aliphatic rings. The zero-order chi connectivity index (χ0) is 32.4. The lowest BCUT2D eigenvalue weighted by molar-refractivity contribution is -0.159. The Morgan fingerprint density at radius 1 is 0.976 bits per heavy atom. The first-order chi connectivity index (χ1) is 19.2. The van der Waals surface area contributed by atoms with E-state index in [9.17, 15) is 28.8 Å². The molecule has 0 spiro atoms. The number of imide groups is 1. The van der Waals surface area contributed by atoms with Crippen molar-refractivity contribution in [2.75, 3.05) is 13.1 Å². The van der Waals surface area contributed by atoms with Gasteiger partial charge < -0.3 is 36.9 Å². The van der Waals surface area contributed by atoms with Crippen LogP contribution in [0.1, 0.15) is 81.1 Å². The van der Waals surface area contributed by atoms with Gasteiger partial charge in [0.05, 0.1) is 6.42 Å². The van der Waals surface area contributed by atoms with Gasteiger partial charge in [0.15, 0.2) is 5.96 Å². The van der Waals surface area contributed by atoms with Crippen molar-refractivity contribution in [2.45, 2.75) is 110 Å². The summed E-state index contributed by atoms with van der Waals surface area (Å²) in [6.07, 6.45) is 0.318. The van der Waals surface area contributed by atoms with Gasteiger partial charge in [0.2, 0.25) is 11.8 Å². The molecule has 0 aromatic carbocycles. The maximum Gasteiger partial charge on any atom is 0.329 e. The van der Waals surface area contributed by atoms with Crippen LogP contribution in [0.5, 0.6) is 0 Å². The number of hydrogen-bond donors (Lipinski definition) is 5. The topological polar surface area (TPSA) is 225 Å². The Labute approximate surface area is 246 Å². The molecule has 1 heterocycles. The number of amides is 5. The summed E-state index contributed by atoms with van der Waals surface area (Å²) in [6.45, 7) is 13.3. The van der Waals surface area contributed by atoms with Crippen molar-refractivity contribution in [3.05, 3.63) is 0 Å². The molecule has 0 aliphatic carbocycles. The second-order valence-electron chi connectivity index (χ2n) is 12.5. The minimum absolute atomic E-state index is 0.00572. The van der Waals surface area contributed by atoms with Gasteiger partial charge in [0.25, 0.3) is 5.91 Å². The van der Waals surface area contributed by atoms with E-state index in [0.29, 0.717) is 11.3 Å². The molecular weight excluding hydrogens is 550 g/mol. The number of nitrogens with two attached hydrogens (primary N) is 2. The lowest BCUT2D eigenvalue weighted by atomic mass is 10.0. The van der Waals surface area contributed by atoms with E-state index in [-0.39, 0.29) is 31.3 Å². The molecule has 0 aromatic heterocycles. The van der Waals surface area contributed by atoms with Gasteiger partial charge in [-0.25, -0.2) is 9.59 Å². The Bertz CT molecular complexity index is 1040. The molecule has 0 bridgehead atoms. The molecule has 0 aromatic rings. The maximum atomic E-state index is 13.3. The van der Waals surface area contributed by atoms with Crippen LogP contribution < -0.4 is 27.4 Å². The third-order valence-corrected chi connectivity index (χ3v) is 5.51. The van der Waals surface area contributed by atoms with Gasteiger partial charge >= 0.3 is 18.0 Å². The molecule has 1 rings (SSSR count). The SMILES string of the molecule is CC(C)C[C@H](NC(=O)[C@H](CC(=O)OC(C)(C)C)NC(=O)CN1C(=O)N[C@@H](CCCN=C(N)N)C1=O)C(=O)OC(C)(C)C. The van der Waals surface area contributed by atoms with Crippen LogP contribution in [0.2, 0.25) is 0 Å². The summed E-state index contributed by atoms with van der Waals surface area (Å²) in [6, 6.07) is -4.18. The predicted octanol–water partition coefficient (Wildman–Crippen LogP) is 0.0496. The highest BCUT2D eigenvalue weighted by atomic mass is 16.6. The number of nitrogens with zero attached hydrogens (tertiary/aromatic N) is 2. The smallest absolute Gasteiger partial charge is 0.329 e. The maximum absolute atomic E-state index is 13.3. The first kappa shape index (κ1) is 36.1. The standard InChI is InChI=1S/C27H47N7O8/c1-15(2)12-18(23(39)42-27(6,7)8)32-21(37)17(13-20(36)41-26(3,4)5)31-19(35)14-34-22(38)16(33-25(34)40)10-9-11-30-24(28)29/h15-18H,9-14H2,1-8H3,(H,31,35)(H,32,37)(H,33,40)(H4,28,29,30)/t16-,17-,18-/m0/s1. The summed E-state index contributed by atoms with van der Waals surface area (Å²) in [5.74, 6) is -3.89. The van der Waals surface area contributed by atoms with Crippen molar-refractivity contribution in [1.29, 1.82) is 0 Å². The number of hydrogen-bond acceptors (Lipinski definition) is 9. The van der Waals surface area contributed by atoms with Crippen LogP contribution in [0.15, 0.2) is 4.99 Å². The van der Waals surface area contributed by atoms with Gasteiger partial charge in [-0.2, -0.15) is 0 Å². The number of rotatable bonds is 14. The van der Waals surface area contributed by atoms with Crippen LogP contribution in [0.4, 0.5) is 4.79 Å². The van der Waals surface area contributed by atoms with Gasteiger partial charge in [0.1, 0.15) is 35.9 Å². The van der Waals surface area contributed by atoms with Gasteiger partial charge in [0, 0.05) is 6.54 Å². The number of guanidine groups is 1. The summed E-state index contributed by atoms with van der Waals surface area (Å²) in [5.41, 5.74) is 8.88. The number of ether oxygens (including phenoxy) is 2. The van der Waals surface area contributed by atoms with Crippen molar-refractivity contribution in [3.8, 4) is 0 Å².